The van der Waals surface area contributed by atoms with Gasteiger partial charge in [0.1, 0.15) is 16.9 Å². The summed E-state index contributed by atoms with van der Waals surface area (Å²) in [4.78, 5) is 26.5. The molecule has 1 heterocycles. The van der Waals surface area contributed by atoms with Crippen molar-refractivity contribution in [2.24, 2.45) is 0 Å². The second kappa shape index (κ2) is 8.25. The van der Waals surface area contributed by atoms with Crippen LogP contribution in [-0.2, 0) is 6.42 Å². The van der Waals surface area contributed by atoms with Gasteiger partial charge in [-0.3, -0.25) is 9.59 Å². The van der Waals surface area contributed by atoms with E-state index >= 15 is 0 Å². The van der Waals surface area contributed by atoms with E-state index in [9.17, 15) is 9.59 Å². The average molecular weight is 400 g/mol. The lowest BCUT2D eigenvalue weighted by Gasteiger charge is -2.12. The van der Waals surface area contributed by atoms with Crippen LogP contribution in [0.2, 0.25) is 0 Å². The number of ketones is 1. The van der Waals surface area contributed by atoms with Crippen molar-refractivity contribution >= 4 is 16.8 Å². The molecule has 0 amide bonds. The van der Waals surface area contributed by atoms with Gasteiger partial charge in [0.05, 0.1) is 19.6 Å². The Morgan fingerprint density at radius 2 is 1.57 bits per heavy atom. The van der Waals surface area contributed by atoms with Gasteiger partial charge in [-0.25, -0.2) is 0 Å². The first-order chi connectivity index (χ1) is 14.6. The van der Waals surface area contributed by atoms with E-state index in [4.69, 9.17) is 13.9 Å². The summed E-state index contributed by atoms with van der Waals surface area (Å²) in [6.45, 7) is 0. The minimum absolute atomic E-state index is 0.0506. The molecule has 4 aromatic rings. The van der Waals surface area contributed by atoms with Gasteiger partial charge in [0, 0.05) is 12.0 Å². The molecule has 30 heavy (non-hydrogen) atoms. The van der Waals surface area contributed by atoms with Crippen LogP contribution in [-0.4, -0.2) is 20.0 Å². The Kier molecular flexibility index (Phi) is 5.35. The second-order valence-electron chi connectivity index (χ2n) is 6.79. The largest absolute Gasteiger partial charge is 0.493 e. The van der Waals surface area contributed by atoms with Crippen molar-refractivity contribution in [2.75, 3.05) is 14.2 Å². The zero-order valence-corrected chi connectivity index (χ0v) is 16.7. The van der Waals surface area contributed by atoms with E-state index in [1.807, 2.05) is 18.2 Å². The van der Waals surface area contributed by atoms with Gasteiger partial charge >= 0.3 is 0 Å². The van der Waals surface area contributed by atoms with Crippen molar-refractivity contribution in [1.82, 2.24) is 0 Å². The van der Waals surface area contributed by atoms with E-state index in [2.05, 4.69) is 0 Å². The lowest BCUT2D eigenvalue weighted by Crippen LogP contribution is -2.19. The van der Waals surface area contributed by atoms with Gasteiger partial charge in [0.2, 0.25) is 5.43 Å². The Morgan fingerprint density at radius 1 is 0.867 bits per heavy atom. The normalized spacial score (nSPS) is 10.7. The lowest BCUT2D eigenvalue weighted by atomic mass is 9.97. The maximum atomic E-state index is 13.3. The minimum Gasteiger partial charge on any atom is -0.493 e. The molecule has 0 aliphatic carbocycles. The van der Waals surface area contributed by atoms with Gasteiger partial charge in [-0.1, -0.05) is 48.5 Å². The van der Waals surface area contributed by atoms with Crippen LogP contribution in [0, 0.1) is 0 Å². The van der Waals surface area contributed by atoms with Crippen molar-refractivity contribution in [3.05, 3.63) is 105 Å². The average Bonchev–Trinajstić information content (AvgIpc) is 2.79. The maximum absolute atomic E-state index is 13.3. The molecule has 0 atom stereocenters. The number of methoxy groups -OCH3 is 2. The highest BCUT2D eigenvalue weighted by atomic mass is 16.5. The molecule has 0 aliphatic rings. The summed E-state index contributed by atoms with van der Waals surface area (Å²) in [6.07, 6.45) is 0.258. The molecule has 0 N–H and O–H groups in total. The summed E-state index contributed by atoms with van der Waals surface area (Å²) < 4.78 is 16.7. The first-order valence-electron chi connectivity index (χ1n) is 9.47. The Labute approximate surface area is 173 Å². The fourth-order valence-electron chi connectivity index (χ4n) is 3.45. The molecule has 0 spiro atoms. The van der Waals surface area contributed by atoms with Crippen molar-refractivity contribution < 1.29 is 18.7 Å². The van der Waals surface area contributed by atoms with Crippen LogP contribution in [0.4, 0.5) is 0 Å². The number of hydrogen-bond acceptors (Lipinski definition) is 5. The zero-order valence-electron chi connectivity index (χ0n) is 16.7. The van der Waals surface area contributed by atoms with Gasteiger partial charge in [-0.2, -0.15) is 0 Å². The topological polar surface area (TPSA) is 65.7 Å². The summed E-state index contributed by atoms with van der Waals surface area (Å²) in [7, 11) is 3.12. The molecule has 5 heteroatoms. The number of carbonyl (C=O) groups is 1. The third-order valence-corrected chi connectivity index (χ3v) is 4.95. The Morgan fingerprint density at radius 3 is 2.30 bits per heavy atom. The predicted octanol–water partition coefficient (Wildman–Crippen LogP) is 4.63. The predicted molar refractivity (Wildman–Crippen MR) is 115 cm³/mol. The van der Waals surface area contributed by atoms with E-state index in [1.165, 1.54) is 0 Å². The van der Waals surface area contributed by atoms with Gasteiger partial charge < -0.3 is 13.9 Å². The van der Waals surface area contributed by atoms with Crippen molar-refractivity contribution in [3.63, 3.8) is 0 Å². The van der Waals surface area contributed by atoms with Gasteiger partial charge in [0.25, 0.3) is 0 Å². The Hall–Kier alpha value is -3.86. The molecule has 1 aromatic heterocycles. The van der Waals surface area contributed by atoms with Crippen LogP contribution >= 0.6 is 0 Å². The molecule has 0 saturated heterocycles. The zero-order chi connectivity index (χ0) is 21.1. The van der Waals surface area contributed by atoms with Crippen molar-refractivity contribution in [3.8, 4) is 11.5 Å². The summed E-state index contributed by atoms with van der Waals surface area (Å²) >= 11 is 0. The van der Waals surface area contributed by atoms with Crippen molar-refractivity contribution in [1.29, 1.82) is 0 Å². The summed E-state index contributed by atoms with van der Waals surface area (Å²) in [5.41, 5.74) is 1.43. The minimum atomic E-state index is -0.356. The summed E-state index contributed by atoms with van der Waals surface area (Å²) in [6, 6.07) is 21.1. The lowest BCUT2D eigenvalue weighted by molar-refractivity contribution is 0.103. The molecule has 150 valence electrons. The summed E-state index contributed by atoms with van der Waals surface area (Å²) in [5.74, 6) is 1.13. The van der Waals surface area contributed by atoms with Crippen LogP contribution in [0.25, 0.3) is 11.0 Å². The number of benzene rings is 3. The standard InChI is InChI=1S/C25H20O5/c1-28-20-13-12-16(14-21(20)29-2)15-22-23(24(26)17-8-4-3-5-9-17)25(27)18-10-6-7-11-19(18)30-22/h3-14H,15H2,1-2H3. The number of para-hydroxylation sites is 1. The molecule has 5 nitrogen and oxygen atoms in total. The molecule has 0 saturated carbocycles. The van der Waals surface area contributed by atoms with E-state index in [-0.39, 0.29) is 23.2 Å². The van der Waals surface area contributed by atoms with E-state index in [1.54, 1.807) is 68.8 Å². The molecule has 0 radical (unpaired) electrons. The first-order valence-corrected chi connectivity index (χ1v) is 9.47. The smallest absolute Gasteiger partial charge is 0.204 e. The molecule has 0 aliphatic heterocycles. The Balaban J connectivity index is 1.88. The number of rotatable bonds is 6. The monoisotopic (exact) mass is 400 g/mol. The highest BCUT2D eigenvalue weighted by Gasteiger charge is 2.22. The highest BCUT2D eigenvalue weighted by Crippen LogP contribution is 2.29. The van der Waals surface area contributed by atoms with E-state index in [0.29, 0.717) is 33.8 Å². The number of ether oxygens (including phenoxy) is 2. The fourth-order valence-corrected chi connectivity index (χ4v) is 3.45. The maximum Gasteiger partial charge on any atom is 0.204 e. The number of hydrogen-bond donors (Lipinski definition) is 0. The third-order valence-electron chi connectivity index (χ3n) is 4.95. The van der Waals surface area contributed by atoms with E-state index in [0.717, 1.165) is 5.56 Å². The molecular weight excluding hydrogens is 380 g/mol. The second-order valence-corrected chi connectivity index (χ2v) is 6.79. The highest BCUT2D eigenvalue weighted by molar-refractivity contribution is 6.10. The van der Waals surface area contributed by atoms with Crippen LogP contribution in [0.1, 0.15) is 27.2 Å². The van der Waals surface area contributed by atoms with Crippen LogP contribution in [0.15, 0.2) is 82.0 Å². The SMILES string of the molecule is COc1ccc(Cc2oc3ccccc3c(=O)c2C(=O)c2ccccc2)cc1OC. The van der Waals surface area contributed by atoms with Crippen LogP contribution in [0.5, 0.6) is 11.5 Å². The van der Waals surface area contributed by atoms with Crippen LogP contribution < -0.4 is 14.9 Å². The third kappa shape index (κ3) is 3.57. The first kappa shape index (κ1) is 19.5. The molecule has 3 aromatic carbocycles. The van der Waals surface area contributed by atoms with Crippen LogP contribution in [0.3, 0.4) is 0 Å². The number of fused-ring (bicyclic) bond motifs is 1. The van der Waals surface area contributed by atoms with Gasteiger partial charge in [0.15, 0.2) is 17.3 Å². The molecule has 4 rings (SSSR count). The number of carbonyl (C=O) groups excluding carboxylic acids is 1. The molecule has 0 fully saturated rings. The summed E-state index contributed by atoms with van der Waals surface area (Å²) in [5, 5.41) is 0.382. The molecular formula is C25H20O5. The van der Waals surface area contributed by atoms with Gasteiger partial charge in [-0.15, -0.1) is 0 Å². The molecule has 0 unspecified atom stereocenters. The van der Waals surface area contributed by atoms with E-state index < -0.39 is 0 Å². The van der Waals surface area contributed by atoms with Gasteiger partial charge in [-0.05, 0) is 29.8 Å². The molecule has 0 bridgehead atoms. The fraction of sp³-hybridized carbons (Fsp3) is 0.120. The quantitative estimate of drug-likeness (QED) is 0.442. The van der Waals surface area contributed by atoms with Crippen molar-refractivity contribution in [2.45, 2.75) is 6.42 Å². The Bertz CT molecular complexity index is 1270.